The zero-order valence-corrected chi connectivity index (χ0v) is 21.2. The van der Waals surface area contributed by atoms with Crippen molar-refractivity contribution in [3.63, 3.8) is 0 Å². The Kier molecular flexibility index (Phi) is 11.2. The molecule has 1 heterocycles. The van der Waals surface area contributed by atoms with Gasteiger partial charge in [-0.1, -0.05) is 43.1 Å². The lowest BCUT2D eigenvalue weighted by molar-refractivity contribution is -0.242. The Bertz CT molecular complexity index is 916. The van der Waals surface area contributed by atoms with Crippen molar-refractivity contribution in [3.05, 3.63) is 46.1 Å². The molecular weight excluding hydrogens is 452 g/mol. The highest BCUT2D eigenvalue weighted by atomic mass is 16.7. The first kappa shape index (κ1) is 28.8. The highest BCUT2D eigenvalue weighted by Crippen LogP contribution is 2.38. The van der Waals surface area contributed by atoms with E-state index in [9.17, 15) is 30.3 Å². The molecule has 1 fully saturated rings. The summed E-state index contributed by atoms with van der Waals surface area (Å²) in [5, 5.41) is 51.1. The molecule has 1 aromatic carbocycles. The van der Waals surface area contributed by atoms with Crippen molar-refractivity contribution in [1.29, 1.82) is 0 Å². The predicted molar refractivity (Wildman–Crippen MR) is 133 cm³/mol. The van der Waals surface area contributed by atoms with Crippen molar-refractivity contribution in [2.24, 2.45) is 0 Å². The topological polar surface area (TPSA) is 137 Å². The predicted octanol–water partition coefficient (Wildman–Crippen LogP) is 3.88. The minimum absolute atomic E-state index is 0.0926. The van der Waals surface area contributed by atoms with Crippen LogP contribution in [0.4, 0.5) is 0 Å². The van der Waals surface area contributed by atoms with Crippen molar-refractivity contribution in [3.8, 4) is 11.5 Å². The molecule has 0 spiro atoms. The molecule has 1 aliphatic rings. The van der Waals surface area contributed by atoms with E-state index in [1.54, 1.807) is 0 Å². The van der Waals surface area contributed by atoms with E-state index in [1.807, 2.05) is 33.8 Å². The lowest BCUT2D eigenvalue weighted by atomic mass is 9.94. The fourth-order valence-corrected chi connectivity index (χ4v) is 4.03. The van der Waals surface area contributed by atoms with Gasteiger partial charge < -0.3 is 35.0 Å². The van der Waals surface area contributed by atoms with Crippen molar-refractivity contribution < 1.29 is 39.8 Å². The number of aryl methyl sites for hydroxylation is 1. The number of ether oxygens (including phenoxy) is 2. The molecule has 0 aromatic heterocycles. The number of hydrogen-bond acceptors (Lipinski definition) is 7. The van der Waals surface area contributed by atoms with Crippen LogP contribution in [0.3, 0.4) is 0 Å². The molecule has 4 atom stereocenters. The fourth-order valence-electron chi connectivity index (χ4n) is 4.03. The molecular formula is C27H40O8. The van der Waals surface area contributed by atoms with Crippen molar-refractivity contribution >= 4 is 5.97 Å². The minimum atomic E-state index is -1.60. The molecule has 0 saturated carbocycles. The molecule has 0 radical (unpaired) electrons. The molecule has 5 N–H and O–H groups in total. The molecule has 2 rings (SSSR count). The van der Waals surface area contributed by atoms with Crippen molar-refractivity contribution in [2.75, 3.05) is 6.61 Å². The fraction of sp³-hybridized carbons (Fsp3) is 0.593. The second-order valence-corrected chi connectivity index (χ2v) is 9.44. The molecule has 8 nitrogen and oxygen atoms in total. The van der Waals surface area contributed by atoms with Crippen molar-refractivity contribution in [1.82, 2.24) is 0 Å². The van der Waals surface area contributed by atoms with Crippen LogP contribution >= 0.6 is 0 Å². The van der Waals surface area contributed by atoms with Crippen LogP contribution in [0.1, 0.15) is 81.3 Å². The van der Waals surface area contributed by atoms with Gasteiger partial charge in [-0.25, -0.2) is 4.79 Å². The SMILES string of the molecule is CCCCCc1cc(O)c(C/C=C(\C)CCC=C(C)C)c(OC2OC[C@@H](O)[C@H](O)[C@H]2O)c1C(=O)O. The molecule has 0 aliphatic carbocycles. The van der Waals surface area contributed by atoms with E-state index in [0.29, 0.717) is 12.0 Å². The number of benzene rings is 1. The highest BCUT2D eigenvalue weighted by molar-refractivity contribution is 5.94. The Hall–Kier alpha value is -2.39. The summed E-state index contributed by atoms with van der Waals surface area (Å²) < 4.78 is 11.2. The summed E-state index contributed by atoms with van der Waals surface area (Å²) in [5.41, 5.74) is 2.90. The van der Waals surface area contributed by atoms with Crippen LogP contribution in [-0.4, -0.2) is 62.7 Å². The lowest BCUT2D eigenvalue weighted by Gasteiger charge is -2.35. The number of unbranched alkanes of at least 4 members (excludes halogenated alkanes) is 2. The standard InChI is InChI=1S/C27H40O8/c1-5-6-7-11-18-14-20(28)19(13-12-17(4)10-8-9-16(2)3)25(22(18)26(32)33)35-27-24(31)23(30)21(29)15-34-27/h9,12,14,21,23-24,27-31H,5-8,10-11,13,15H2,1-4H3,(H,32,33)/b17-12+/t21-,23+,24-,27?/m1/s1. The minimum Gasteiger partial charge on any atom is -0.508 e. The van der Waals surface area contributed by atoms with Gasteiger partial charge in [-0.2, -0.15) is 0 Å². The molecule has 35 heavy (non-hydrogen) atoms. The number of phenols is 1. The maximum atomic E-state index is 12.3. The summed E-state index contributed by atoms with van der Waals surface area (Å²) in [6.45, 7) is 7.80. The number of carbonyl (C=O) groups is 1. The summed E-state index contributed by atoms with van der Waals surface area (Å²) >= 11 is 0. The second kappa shape index (κ2) is 13.6. The second-order valence-electron chi connectivity index (χ2n) is 9.44. The average molecular weight is 493 g/mol. The monoisotopic (exact) mass is 492 g/mol. The third kappa shape index (κ3) is 8.07. The molecule has 1 unspecified atom stereocenters. The molecule has 8 heteroatoms. The lowest BCUT2D eigenvalue weighted by Crippen LogP contribution is -2.55. The van der Waals surface area contributed by atoms with Crippen molar-refractivity contribution in [2.45, 2.75) is 97.2 Å². The Morgan fingerprint density at radius 3 is 2.49 bits per heavy atom. The van der Waals surface area contributed by atoms with Crippen LogP contribution in [0, 0.1) is 0 Å². The van der Waals surface area contributed by atoms with Gasteiger partial charge in [-0.15, -0.1) is 0 Å². The summed E-state index contributed by atoms with van der Waals surface area (Å²) in [5.74, 6) is -1.41. The van der Waals surface area contributed by atoms with Crippen LogP contribution in [0.25, 0.3) is 0 Å². The number of aromatic hydroxyl groups is 1. The van der Waals surface area contributed by atoms with E-state index in [4.69, 9.17) is 9.47 Å². The largest absolute Gasteiger partial charge is 0.508 e. The van der Waals surface area contributed by atoms with E-state index < -0.39 is 30.6 Å². The Morgan fingerprint density at radius 1 is 1.14 bits per heavy atom. The van der Waals surface area contributed by atoms with E-state index in [0.717, 1.165) is 37.7 Å². The van der Waals surface area contributed by atoms with Gasteiger partial charge in [0.1, 0.15) is 35.4 Å². The van der Waals surface area contributed by atoms with Crippen LogP contribution in [0.15, 0.2) is 29.4 Å². The van der Waals surface area contributed by atoms with Gasteiger partial charge in [-0.05, 0) is 64.5 Å². The summed E-state index contributed by atoms with van der Waals surface area (Å²) in [7, 11) is 0. The molecule has 1 aromatic rings. The van der Waals surface area contributed by atoms with Crippen LogP contribution < -0.4 is 4.74 Å². The molecule has 0 amide bonds. The summed E-state index contributed by atoms with van der Waals surface area (Å²) in [6.07, 6.45) is 3.19. The number of aliphatic hydroxyl groups is 3. The first-order valence-corrected chi connectivity index (χ1v) is 12.3. The van der Waals surface area contributed by atoms with Gasteiger partial charge in [0.2, 0.25) is 6.29 Å². The highest BCUT2D eigenvalue weighted by Gasteiger charge is 2.40. The Morgan fingerprint density at radius 2 is 1.86 bits per heavy atom. The van der Waals surface area contributed by atoms with Gasteiger partial charge in [0, 0.05) is 5.56 Å². The normalized spacial score (nSPS) is 22.7. The van der Waals surface area contributed by atoms with Gasteiger partial charge in [-0.3, -0.25) is 0 Å². The zero-order valence-electron chi connectivity index (χ0n) is 21.2. The number of aromatic carboxylic acids is 1. The number of carboxylic acids is 1. The van der Waals surface area contributed by atoms with Gasteiger partial charge in [0.15, 0.2) is 0 Å². The third-order valence-electron chi connectivity index (χ3n) is 6.14. The first-order valence-electron chi connectivity index (χ1n) is 12.3. The van der Waals surface area contributed by atoms with Crippen LogP contribution in [-0.2, 0) is 17.6 Å². The van der Waals surface area contributed by atoms with Crippen LogP contribution in [0.5, 0.6) is 11.5 Å². The summed E-state index contributed by atoms with van der Waals surface area (Å²) in [6, 6.07) is 1.48. The maximum absolute atomic E-state index is 12.3. The summed E-state index contributed by atoms with van der Waals surface area (Å²) in [4.78, 5) is 12.3. The zero-order chi connectivity index (χ0) is 26.1. The average Bonchev–Trinajstić information content (AvgIpc) is 2.78. The number of phenolic OH excluding ortho intramolecular Hbond substituents is 1. The third-order valence-corrected chi connectivity index (χ3v) is 6.14. The van der Waals surface area contributed by atoms with E-state index in [1.165, 1.54) is 11.6 Å². The smallest absolute Gasteiger partial charge is 0.339 e. The van der Waals surface area contributed by atoms with Gasteiger partial charge in [0.05, 0.1) is 6.61 Å². The number of allylic oxidation sites excluding steroid dienone is 4. The van der Waals surface area contributed by atoms with E-state index in [2.05, 4.69) is 6.08 Å². The number of rotatable bonds is 12. The maximum Gasteiger partial charge on any atom is 0.339 e. The van der Waals surface area contributed by atoms with Gasteiger partial charge in [0.25, 0.3) is 0 Å². The molecule has 0 bridgehead atoms. The molecule has 196 valence electrons. The molecule has 1 aliphatic heterocycles. The number of carboxylic acid groups (broad SMARTS) is 1. The first-order chi connectivity index (χ1) is 16.6. The quantitative estimate of drug-likeness (QED) is 0.219. The number of aliphatic hydroxyl groups excluding tert-OH is 3. The van der Waals surface area contributed by atoms with Gasteiger partial charge >= 0.3 is 5.97 Å². The number of hydrogen-bond donors (Lipinski definition) is 5. The van der Waals surface area contributed by atoms with Crippen LogP contribution in [0.2, 0.25) is 0 Å². The van der Waals surface area contributed by atoms with E-state index in [-0.39, 0.29) is 35.7 Å². The van der Waals surface area contributed by atoms with E-state index >= 15 is 0 Å². The molecule has 1 saturated heterocycles. The Balaban J connectivity index is 2.47. The Labute approximate surface area is 207 Å².